The molecule has 7 heteroatoms. The molecule has 0 saturated carbocycles. The van der Waals surface area contributed by atoms with Gasteiger partial charge in [0.25, 0.3) is 5.69 Å². The molecule has 0 spiro atoms. The summed E-state index contributed by atoms with van der Waals surface area (Å²) in [5.74, 6) is 0.155. The summed E-state index contributed by atoms with van der Waals surface area (Å²) in [6.45, 7) is 1.69. The SMILES string of the molecule is CC(N)c1cc(F)ccc1Oc1ccc([N+](=O)[O-])cc1Cl. The van der Waals surface area contributed by atoms with Gasteiger partial charge in [-0.05, 0) is 31.2 Å². The van der Waals surface area contributed by atoms with Gasteiger partial charge in [-0.3, -0.25) is 10.1 Å². The maximum Gasteiger partial charge on any atom is 0.271 e. The smallest absolute Gasteiger partial charge is 0.271 e. The lowest BCUT2D eigenvalue weighted by Gasteiger charge is -2.14. The van der Waals surface area contributed by atoms with Gasteiger partial charge in [-0.2, -0.15) is 0 Å². The van der Waals surface area contributed by atoms with Crippen molar-refractivity contribution >= 4 is 17.3 Å². The Bertz CT molecular complexity index is 692. The highest BCUT2D eigenvalue weighted by Crippen LogP contribution is 2.35. The predicted molar refractivity (Wildman–Crippen MR) is 77.2 cm³/mol. The first-order valence-electron chi connectivity index (χ1n) is 6.05. The monoisotopic (exact) mass is 310 g/mol. The van der Waals surface area contributed by atoms with Gasteiger partial charge < -0.3 is 10.5 Å². The van der Waals surface area contributed by atoms with E-state index in [0.29, 0.717) is 11.3 Å². The number of rotatable bonds is 4. The van der Waals surface area contributed by atoms with E-state index in [2.05, 4.69) is 0 Å². The van der Waals surface area contributed by atoms with Crippen molar-refractivity contribution in [2.75, 3.05) is 0 Å². The van der Waals surface area contributed by atoms with Crippen LogP contribution in [0.4, 0.5) is 10.1 Å². The first-order valence-corrected chi connectivity index (χ1v) is 6.43. The van der Waals surface area contributed by atoms with Crippen LogP contribution >= 0.6 is 11.6 Å². The fourth-order valence-corrected chi connectivity index (χ4v) is 1.99. The Labute approximate surface area is 125 Å². The molecule has 1 unspecified atom stereocenters. The van der Waals surface area contributed by atoms with Crippen LogP contribution in [-0.4, -0.2) is 4.92 Å². The number of ether oxygens (including phenoxy) is 1. The fraction of sp³-hybridized carbons (Fsp3) is 0.143. The molecule has 2 aromatic carbocycles. The number of hydrogen-bond donors (Lipinski definition) is 1. The van der Waals surface area contributed by atoms with Crippen LogP contribution in [0, 0.1) is 15.9 Å². The van der Waals surface area contributed by atoms with E-state index in [4.69, 9.17) is 22.1 Å². The molecular weight excluding hydrogens is 299 g/mol. The zero-order chi connectivity index (χ0) is 15.6. The third-order valence-electron chi connectivity index (χ3n) is 2.81. The van der Waals surface area contributed by atoms with Crippen molar-refractivity contribution < 1.29 is 14.1 Å². The Kier molecular flexibility index (Phi) is 4.40. The van der Waals surface area contributed by atoms with Crippen molar-refractivity contribution in [1.82, 2.24) is 0 Å². The van der Waals surface area contributed by atoms with E-state index in [-0.39, 0.29) is 16.5 Å². The van der Waals surface area contributed by atoms with Crippen molar-refractivity contribution in [3.63, 3.8) is 0 Å². The summed E-state index contributed by atoms with van der Waals surface area (Å²) in [5, 5.41) is 10.7. The number of nitro groups is 1. The Balaban J connectivity index is 2.36. The third kappa shape index (κ3) is 3.48. The minimum absolute atomic E-state index is 0.0872. The van der Waals surface area contributed by atoms with Gasteiger partial charge in [-0.15, -0.1) is 0 Å². The highest BCUT2D eigenvalue weighted by atomic mass is 35.5. The third-order valence-corrected chi connectivity index (χ3v) is 3.10. The second kappa shape index (κ2) is 6.07. The lowest BCUT2D eigenvalue weighted by molar-refractivity contribution is -0.384. The van der Waals surface area contributed by atoms with Crippen molar-refractivity contribution in [3.8, 4) is 11.5 Å². The second-order valence-corrected chi connectivity index (χ2v) is 4.85. The molecule has 110 valence electrons. The average Bonchev–Trinajstić information content (AvgIpc) is 2.42. The van der Waals surface area contributed by atoms with Gasteiger partial charge in [0.05, 0.1) is 9.95 Å². The summed E-state index contributed by atoms with van der Waals surface area (Å²) in [6, 6.07) is 7.36. The van der Waals surface area contributed by atoms with Crippen LogP contribution in [0.15, 0.2) is 36.4 Å². The van der Waals surface area contributed by atoms with E-state index in [1.54, 1.807) is 6.92 Å². The molecule has 0 aliphatic carbocycles. The maximum atomic E-state index is 13.3. The highest BCUT2D eigenvalue weighted by molar-refractivity contribution is 6.32. The molecule has 0 radical (unpaired) electrons. The Hall–Kier alpha value is -2.18. The van der Waals surface area contributed by atoms with E-state index in [9.17, 15) is 14.5 Å². The van der Waals surface area contributed by atoms with Crippen molar-refractivity contribution in [2.24, 2.45) is 5.73 Å². The number of halogens is 2. The van der Waals surface area contributed by atoms with E-state index in [1.807, 2.05) is 0 Å². The normalized spacial score (nSPS) is 12.0. The summed E-state index contributed by atoms with van der Waals surface area (Å²) >= 11 is 5.95. The molecule has 5 nitrogen and oxygen atoms in total. The largest absolute Gasteiger partial charge is 0.455 e. The molecule has 0 saturated heterocycles. The van der Waals surface area contributed by atoms with Gasteiger partial charge >= 0.3 is 0 Å². The van der Waals surface area contributed by atoms with Gasteiger partial charge in [0.1, 0.15) is 17.3 Å². The number of benzene rings is 2. The number of non-ortho nitro benzene ring substituents is 1. The average molecular weight is 311 g/mol. The quantitative estimate of drug-likeness (QED) is 0.678. The van der Waals surface area contributed by atoms with Crippen LogP contribution in [-0.2, 0) is 0 Å². The number of nitrogens with two attached hydrogens (primary N) is 1. The molecule has 0 aliphatic rings. The summed E-state index contributed by atoms with van der Waals surface area (Å²) in [4.78, 5) is 10.1. The molecule has 0 fully saturated rings. The van der Waals surface area contributed by atoms with Crippen molar-refractivity contribution in [2.45, 2.75) is 13.0 Å². The first kappa shape index (κ1) is 15.2. The molecule has 21 heavy (non-hydrogen) atoms. The van der Waals surface area contributed by atoms with E-state index < -0.39 is 16.8 Å². The maximum absolute atomic E-state index is 13.3. The molecule has 2 N–H and O–H groups in total. The zero-order valence-electron chi connectivity index (χ0n) is 11.0. The first-order chi connectivity index (χ1) is 9.88. The summed E-state index contributed by atoms with van der Waals surface area (Å²) in [5.41, 5.74) is 6.11. The van der Waals surface area contributed by atoms with E-state index >= 15 is 0 Å². The Morgan fingerprint density at radius 2 is 1.95 bits per heavy atom. The molecule has 0 bridgehead atoms. The standard InChI is InChI=1S/C14H12ClFN2O3/c1-8(17)11-6-9(16)2-4-13(11)21-14-5-3-10(18(19)20)7-12(14)15/h2-8H,17H2,1H3. The van der Waals surface area contributed by atoms with Crippen LogP contribution in [0.1, 0.15) is 18.5 Å². The highest BCUT2D eigenvalue weighted by Gasteiger charge is 2.14. The molecule has 0 amide bonds. The van der Waals surface area contributed by atoms with Gasteiger partial charge in [0.2, 0.25) is 0 Å². The van der Waals surface area contributed by atoms with Crippen molar-refractivity contribution in [1.29, 1.82) is 0 Å². The van der Waals surface area contributed by atoms with Gasteiger partial charge in [-0.1, -0.05) is 11.6 Å². The molecule has 0 aromatic heterocycles. The topological polar surface area (TPSA) is 78.4 Å². The van der Waals surface area contributed by atoms with Crippen LogP contribution in [0.5, 0.6) is 11.5 Å². The van der Waals surface area contributed by atoms with Crippen molar-refractivity contribution in [3.05, 3.63) is 62.9 Å². The van der Waals surface area contributed by atoms with Gasteiger partial charge in [-0.25, -0.2) is 4.39 Å². The van der Waals surface area contributed by atoms with Gasteiger partial charge in [0.15, 0.2) is 0 Å². The molecule has 2 rings (SSSR count). The van der Waals surface area contributed by atoms with Crippen LogP contribution in [0.2, 0.25) is 5.02 Å². The Morgan fingerprint density at radius 3 is 2.52 bits per heavy atom. The minimum atomic E-state index is -0.555. The molecule has 0 heterocycles. The van der Waals surface area contributed by atoms with Gasteiger partial charge in [0, 0.05) is 23.7 Å². The molecule has 1 atom stereocenters. The lowest BCUT2D eigenvalue weighted by atomic mass is 10.1. The second-order valence-electron chi connectivity index (χ2n) is 4.44. The number of nitro benzene ring substituents is 1. The summed E-state index contributed by atoms with van der Waals surface area (Å²) in [6.07, 6.45) is 0. The van der Waals surface area contributed by atoms with Crippen LogP contribution < -0.4 is 10.5 Å². The summed E-state index contributed by atoms with van der Waals surface area (Å²) in [7, 11) is 0. The fourth-order valence-electron chi connectivity index (χ4n) is 1.77. The van der Waals surface area contributed by atoms with E-state index in [1.165, 1.54) is 36.4 Å². The predicted octanol–water partition coefficient (Wildman–Crippen LogP) is 4.20. The van der Waals surface area contributed by atoms with E-state index in [0.717, 1.165) is 0 Å². The van der Waals surface area contributed by atoms with Crippen LogP contribution in [0.25, 0.3) is 0 Å². The number of nitrogens with zero attached hydrogens (tertiary/aromatic N) is 1. The molecule has 0 aliphatic heterocycles. The number of hydrogen-bond acceptors (Lipinski definition) is 4. The Morgan fingerprint density at radius 1 is 1.29 bits per heavy atom. The zero-order valence-corrected chi connectivity index (χ0v) is 11.8. The molecule has 2 aromatic rings. The molecular formula is C14H12ClFN2O3. The lowest BCUT2D eigenvalue weighted by Crippen LogP contribution is -2.07. The summed E-state index contributed by atoms with van der Waals surface area (Å²) < 4.78 is 18.8. The van der Waals surface area contributed by atoms with Crippen LogP contribution in [0.3, 0.4) is 0 Å². The minimum Gasteiger partial charge on any atom is -0.455 e.